The molecule has 88 valence electrons. The van der Waals surface area contributed by atoms with Crippen LogP contribution in [0.4, 0.5) is 0 Å². The zero-order valence-electron chi connectivity index (χ0n) is 9.48. The molecule has 0 aliphatic rings. The number of aromatic nitrogens is 2. The zero-order chi connectivity index (χ0) is 12.1. The Morgan fingerprint density at radius 1 is 1.50 bits per heavy atom. The van der Waals surface area contributed by atoms with Crippen LogP contribution in [0.1, 0.15) is 24.2 Å². The van der Waals surface area contributed by atoms with E-state index in [-0.39, 0.29) is 11.8 Å². The Kier molecular flexibility index (Phi) is 4.04. The number of nitrogens with one attached hydrogen (secondary N) is 2. The Labute approximate surface area is 93.4 Å². The summed E-state index contributed by atoms with van der Waals surface area (Å²) in [5, 5.41) is 8.78. The molecule has 0 aliphatic heterocycles. The minimum Gasteiger partial charge on any atom is -0.467 e. The summed E-state index contributed by atoms with van der Waals surface area (Å²) in [6.07, 6.45) is 2.86. The second-order valence-corrected chi connectivity index (χ2v) is 3.71. The maximum Gasteiger partial charge on any atom is 0.328 e. The Bertz CT molecular complexity index is 359. The number of rotatable bonds is 4. The fourth-order valence-electron chi connectivity index (χ4n) is 1.22. The second kappa shape index (κ2) is 5.29. The molecule has 0 bridgehead atoms. The average molecular weight is 225 g/mol. The molecule has 0 saturated carbocycles. The number of H-pyrrole nitrogens is 1. The van der Waals surface area contributed by atoms with Crippen LogP contribution in [-0.4, -0.2) is 35.2 Å². The van der Waals surface area contributed by atoms with Crippen molar-refractivity contribution in [3.8, 4) is 0 Å². The van der Waals surface area contributed by atoms with Crippen molar-refractivity contribution < 1.29 is 14.3 Å². The average Bonchev–Trinajstić information content (AvgIpc) is 2.77. The van der Waals surface area contributed by atoms with E-state index >= 15 is 0 Å². The SMILES string of the molecule is COC(=O)[C@@H](NC(=O)c1cn[nH]c1)C(C)C. The van der Waals surface area contributed by atoms with Crippen LogP contribution in [0.2, 0.25) is 0 Å². The Morgan fingerprint density at radius 2 is 2.19 bits per heavy atom. The number of ether oxygens (including phenoxy) is 1. The van der Waals surface area contributed by atoms with Crippen LogP contribution in [0, 0.1) is 5.92 Å². The van der Waals surface area contributed by atoms with E-state index in [0.717, 1.165) is 0 Å². The molecule has 0 saturated heterocycles. The maximum atomic E-state index is 11.7. The van der Waals surface area contributed by atoms with Crippen molar-refractivity contribution in [2.45, 2.75) is 19.9 Å². The van der Waals surface area contributed by atoms with Crippen molar-refractivity contribution in [2.24, 2.45) is 5.92 Å². The number of aromatic amines is 1. The van der Waals surface area contributed by atoms with Crippen LogP contribution in [0.3, 0.4) is 0 Å². The molecule has 0 unspecified atom stereocenters. The van der Waals surface area contributed by atoms with Gasteiger partial charge in [0.15, 0.2) is 0 Å². The third-order valence-corrected chi connectivity index (χ3v) is 2.17. The summed E-state index contributed by atoms with van der Waals surface area (Å²) >= 11 is 0. The van der Waals surface area contributed by atoms with Gasteiger partial charge >= 0.3 is 5.97 Å². The molecule has 6 heteroatoms. The first-order valence-electron chi connectivity index (χ1n) is 4.93. The summed E-state index contributed by atoms with van der Waals surface area (Å²) in [6.45, 7) is 3.66. The number of methoxy groups -OCH3 is 1. The summed E-state index contributed by atoms with van der Waals surface area (Å²) in [5.74, 6) is -0.840. The third kappa shape index (κ3) is 2.82. The quantitative estimate of drug-likeness (QED) is 0.723. The van der Waals surface area contributed by atoms with E-state index in [4.69, 9.17) is 0 Å². The van der Waals surface area contributed by atoms with Crippen LogP contribution in [-0.2, 0) is 9.53 Å². The highest BCUT2D eigenvalue weighted by molar-refractivity contribution is 5.96. The van der Waals surface area contributed by atoms with Crippen molar-refractivity contribution in [1.82, 2.24) is 15.5 Å². The molecule has 1 aromatic rings. The molecular formula is C10H15N3O3. The van der Waals surface area contributed by atoms with Gasteiger partial charge in [-0.05, 0) is 5.92 Å². The van der Waals surface area contributed by atoms with Gasteiger partial charge in [-0.15, -0.1) is 0 Å². The number of hydrogen-bond donors (Lipinski definition) is 2. The monoisotopic (exact) mass is 225 g/mol. The molecule has 1 aromatic heterocycles. The highest BCUT2D eigenvalue weighted by Crippen LogP contribution is 2.05. The predicted octanol–water partition coefficient (Wildman–Crippen LogP) is 0.337. The molecule has 1 rings (SSSR count). The van der Waals surface area contributed by atoms with E-state index in [2.05, 4.69) is 20.3 Å². The van der Waals surface area contributed by atoms with Gasteiger partial charge in [0.1, 0.15) is 6.04 Å². The van der Waals surface area contributed by atoms with Crippen molar-refractivity contribution in [3.05, 3.63) is 18.0 Å². The summed E-state index contributed by atoms with van der Waals surface area (Å²) in [5.41, 5.74) is 0.384. The van der Waals surface area contributed by atoms with E-state index in [1.54, 1.807) is 0 Å². The molecule has 16 heavy (non-hydrogen) atoms. The fraction of sp³-hybridized carbons (Fsp3) is 0.500. The largest absolute Gasteiger partial charge is 0.467 e. The van der Waals surface area contributed by atoms with E-state index < -0.39 is 12.0 Å². The molecular weight excluding hydrogens is 210 g/mol. The molecule has 1 amide bonds. The Balaban J connectivity index is 2.69. The first kappa shape index (κ1) is 12.2. The summed E-state index contributed by atoms with van der Waals surface area (Å²) in [4.78, 5) is 23.1. The molecule has 0 aliphatic carbocycles. The van der Waals surface area contributed by atoms with Crippen LogP contribution in [0.5, 0.6) is 0 Å². The first-order chi connectivity index (χ1) is 7.56. The van der Waals surface area contributed by atoms with Gasteiger partial charge in [-0.1, -0.05) is 13.8 Å². The third-order valence-electron chi connectivity index (χ3n) is 2.17. The normalized spacial score (nSPS) is 12.2. The lowest BCUT2D eigenvalue weighted by atomic mass is 10.0. The van der Waals surface area contributed by atoms with Crippen LogP contribution < -0.4 is 5.32 Å². The second-order valence-electron chi connectivity index (χ2n) is 3.71. The van der Waals surface area contributed by atoms with Crippen LogP contribution in [0.25, 0.3) is 0 Å². The molecule has 0 fully saturated rings. The van der Waals surface area contributed by atoms with Crippen molar-refractivity contribution in [2.75, 3.05) is 7.11 Å². The number of carbonyl (C=O) groups excluding carboxylic acids is 2. The minimum absolute atomic E-state index is 0.0386. The van der Waals surface area contributed by atoms with Gasteiger partial charge in [0.25, 0.3) is 5.91 Å². The van der Waals surface area contributed by atoms with E-state index in [1.165, 1.54) is 19.5 Å². The molecule has 2 N–H and O–H groups in total. The number of carbonyl (C=O) groups is 2. The molecule has 0 spiro atoms. The van der Waals surface area contributed by atoms with Gasteiger partial charge < -0.3 is 10.1 Å². The lowest BCUT2D eigenvalue weighted by Gasteiger charge is -2.19. The lowest BCUT2D eigenvalue weighted by molar-refractivity contribution is -0.144. The van der Waals surface area contributed by atoms with Gasteiger partial charge in [-0.2, -0.15) is 5.10 Å². The van der Waals surface area contributed by atoms with Crippen molar-refractivity contribution >= 4 is 11.9 Å². The minimum atomic E-state index is -0.646. The highest BCUT2D eigenvalue weighted by Gasteiger charge is 2.25. The Hall–Kier alpha value is -1.85. The Morgan fingerprint density at radius 3 is 2.62 bits per heavy atom. The number of esters is 1. The lowest BCUT2D eigenvalue weighted by Crippen LogP contribution is -2.44. The van der Waals surface area contributed by atoms with Gasteiger partial charge in [0, 0.05) is 6.20 Å². The van der Waals surface area contributed by atoms with Crippen LogP contribution in [0.15, 0.2) is 12.4 Å². The van der Waals surface area contributed by atoms with Gasteiger partial charge in [0.2, 0.25) is 0 Å². The molecule has 1 heterocycles. The van der Waals surface area contributed by atoms with E-state index in [1.807, 2.05) is 13.8 Å². The molecule has 0 radical (unpaired) electrons. The number of nitrogens with zero attached hydrogens (tertiary/aromatic N) is 1. The molecule has 0 aromatic carbocycles. The van der Waals surface area contributed by atoms with E-state index in [0.29, 0.717) is 5.56 Å². The smallest absolute Gasteiger partial charge is 0.328 e. The summed E-state index contributed by atoms with van der Waals surface area (Å²) in [6, 6.07) is -0.646. The highest BCUT2D eigenvalue weighted by atomic mass is 16.5. The first-order valence-corrected chi connectivity index (χ1v) is 4.93. The topological polar surface area (TPSA) is 84.1 Å². The van der Waals surface area contributed by atoms with Gasteiger partial charge in [0.05, 0.1) is 18.9 Å². The summed E-state index contributed by atoms with van der Waals surface area (Å²) < 4.78 is 4.61. The number of amides is 1. The molecule has 6 nitrogen and oxygen atoms in total. The predicted molar refractivity (Wildman–Crippen MR) is 56.7 cm³/mol. The van der Waals surface area contributed by atoms with Crippen molar-refractivity contribution in [1.29, 1.82) is 0 Å². The van der Waals surface area contributed by atoms with Crippen LogP contribution >= 0.6 is 0 Å². The van der Waals surface area contributed by atoms with Gasteiger partial charge in [-0.25, -0.2) is 4.79 Å². The number of hydrogen-bond acceptors (Lipinski definition) is 4. The maximum absolute atomic E-state index is 11.7. The standard InChI is InChI=1S/C10H15N3O3/c1-6(2)8(10(15)16-3)13-9(14)7-4-11-12-5-7/h4-6,8H,1-3H3,(H,11,12)(H,13,14)/t8-/m0/s1. The zero-order valence-corrected chi connectivity index (χ0v) is 9.48. The van der Waals surface area contributed by atoms with Gasteiger partial charge in [-0.3, -0.25) is 9.89 Å². The molecule has 1 atom stereocenters. The summed E-state index contributed by atoms with van der Waals surface area (Å²) in [7, 11) is 1.29. The fourth-order valence-corrected chi connectivity index (χ4v) is 1.22. The van der Waals surface area contributed by atoms with Crippen molar-refractivity contribution in [3.63, 3.8) is 0 Å². The van der Waals surface area contributed by atoms with E-state index in [9.17, 15) is 9.59 Å².